The van der Waals surface area contributed by atoms with Gasteiger partial charge in [0.1, 0.15) is 5.69 Å². The normalized spacial score (nSPS) is 10.6. The highest BCUT2D eigenvalue weighted by Crippen LogP contribution is 2.11. The van der Waals surface area contributed by atoms with E-state index in [0.29, 0.717) is 12.2 Å². The molecule has 0 saturated heterocycles. The Kier molecular flexibility index (Phi) is 4.99. The maximum atomic E-state index is 12.1. The van der Waals surface area contributed by atoms with Gasteiger partial charge in [-0.15, -0.1) is 0 Å². The lowest BCUT2D eigenvalue weighted by atomic mass is 10.1. The summed E-state index contributed by atoms with van der Waals surface area (Å²) in [4.78, 5) is 16.6. The summed E-state index contributed by atoms with van der Waals surface area (Å²) in [5.74, 6) is -0.101. The van der Waals surface area contributed by atoms with Crippen molar-refractivity contribution >= 4 is 16.8 Å². The molecule has 0 aliphatic carbocycles. The number of nitrogens with zero attached hydrogens (tertiary/aromatic N) is 1. The average molecular weight is 304 g/mol. The first-order valence-electron chi connectivity index (χ1n) is 8.01. The molecule has 0 unspecified atom stereocenters. The lowest BCUT2D eigenvalue weighted by molar-refractivity contribution is 0.0948. The van der Waals surface area contributed by atoms with Gasteiger partial charge in [-0.25, -0.2) is 4.98 Å². The molecular weight excluding hydrogens is 284 g/mol. The lowest BCUT2D eigenvalue weighted by Crippen LogP contribution is -2.25. The van der Waals surface area contributed by atoms with Crippen molar-refractivity contribution in [2.45, 2.75) is 19.3 Å². The van der Waals surface area contributed by atoms with Crippen LogP contribution in [0.2, 0.25) is 0 Å². The van der Waals surface area contributed by atoms with Gasteiger partial charge in [0.2, 0.25) is 0 Å². The molecule has 1 aromatic heterocycles. The predicted molar refractivity (Wildman–Crippen MR) is 93.5 cm³/mol. The van der Waals surface area contributed by atoms with E-state index in [2.05, 4.69) is 34.6 Å². The molecule has 0 aliphatic rings. The van der Waals surface area contributed by atoms with E-state index in [1.165, 1.54) is 5.56 Å². The smallest absolute Gasteiger partial charge is 0.269 e. The molecule has 0 radical (unpaired) electrons. The number of rotatable bonds is 6. The molecule has 0 spiro atoms. The van der Waals surface area contributed by atoms with Crippen molar-refractivity contribution in [1.29, 1.82) is 0 Å². The van der Waals surface area contributed by atoms with E-state index in [1.807, 2.05) is 36.4 Å². The van der Waals surface area contributed by atoms with Crippen LogP contribution in [0.5, 0.6) is 0 Å². The predicted octanol–water partition coefficient (Wildman–Crippen LogP) is 3.99. The van der Waals surface area contributed by atoms with Crippen LogP contribution in [0.4, 0.5) is 0 Å². The molecule has 0 fully saturated rings. The third-order valence-corrected chi connectivity index (χ3v) is 3.85. The Hall–Kier alpha value is -2.68. The first-order valence-corrected chi connectivity index (χ1v) is 8.01. The van der Waals surface area contributed by atoms with Crippen molar-refractivity contribution in [3.63, 3.8) is 0 Å². The van der Waals surface area contributed by atoms with Gasteiger partial charge in [-0.05, 0) is 37.0 Å². The summed E-state index contributed by atoms with van der Waals surface area (Å²) < 4.78 is 0. The van der Waals surface area contributed by atoms with Crippen LogP contribution in [0.3, 0.4) is 0 Å². The van der Waals surface area contributed by atoms with Crippen molar-refractivity contribution in [3.8, 4) is 0 Å². The third kappa shape index (κ3) is 4.16. The number of aromatic nitrogens is 1. The van der Waals surface area contributed by atoms with Crippen molar-refractivity contribution in [2.24, 2.45) is 0 Å². The van der Waals surface area contributed by atoms with Gasteiger partial charge in [0, 0.05) is 11.9 Å². The Morgan fingerprint density at radius 3 is 2.52 bits per heavy atom. The maximum absolute atomic E-state index is 12.1. The minimum absolute atomic E-state index is 0.101. The summed E-state index contributed by atoms with van der Waals surface area (Å²) in [6.45, 7) is 0.681. The van der Waals surface area contributed by atoms with E-state index in [9.17, 15) is 4.79 Å². The van der Waals surface area contributed by atoms with Crippen LogP contribution in [0, 0.1) is 0 Å². The van der Waals surface area contributed by atoms with Gasteiger partial charge in [-0.2, -0.15) is 0 Å². The zero-order valence-corrected chi connectivity index (χ0v) is 13.0. The Bertz CT molecular complexity index is 784. The summed E-state index contributed by atoms with van der Waals surface area (Å²) in [6, 6.07) is 21.9. The molecule has 3 rings (SSSR count). The number of amides is 1. The Morgan fingerprint density at radius 1 is 0.870 bits per heavy atom. The molecule has 0 aliphatic heterocycles. The number of para-hydroxylation sites is 1. The summed E-state index contributed by atoms with van der Waals surface area (Å²) >= 11 is 0. The molecule has 1 amide bonds. The Balaban J connectivity index is 1.47. The number of nitrogens with one attached hydrogen (secondary N) is 1. The number of unbranched alkanes of at least 4 members (excludes halogenated alkanes) is 1. The monoisotopic (exact) mass is 304 g/mol. The van der Waals surface area contributed by atoms with E-state index in [4.69, 9.17) is 0 Å². The summed E-state index contributed by atoms with van der Waals surface area (Å²) in [7, 11) is 0. The van der Waals surface area contributed by atoms with Gasteiger partial charge in [-0.3, -0.25) is 4.79 Å². The molecule has 1 heterocycles. The number of hydrogen-bond acceptors (Lipinski definition) is 2. The summed E-state index contributed by atoms with van der Waals surface area (Å²) in [5, 5.41) is 4.00. The van der Waals surface area contributed by atoms with Gasteiger partial charge in [0.25, 0.3) is 5.91 Å². The second kappa shape index (κ2) is 7.54. The van der Waals surface area contributed by atoms with Gasteiger partial charge in [-0.1, -0.05) is 54.6 Å². The number of carbonyl (C=O) groups excluding carboxylic acids is 1. The van der Waals surface area contributed by atoms with Crippen molar-refractivity contribution in [3.05, 3.63) is 78.0 Å². The number of hydrogen-bond donors (Lipinski definition) is 1. The fourth-order valence-corrected chi connectivity index (χ4v) is 2.58. The zero-order chi connectivity index (χ0) is 15.9. The zero-order valence-electron chi connectivity index (χ0n) is 13.0. The fourth-order valence-electron chi connectivity index (χ4n) is 2.58. The highest BCUT2D eigenvalue weighted by molar-refractivity contribution is 5.94. The lowest BCUT2D eigenvalue weighted by Gasteiger charge is -2.06. The van der Waals surface area contributed by atoms with Crippen molar-refractivity contribution in [2.75, 3.05) is 6.54 Å². The highest BCUT2D eigenvalue weighted by Gasteiger charge is 2.07. The molecule has 3 heteroatoms. The van der Waals surface area contributed by atoms with Gasteiger partial charge in [0.15, 0.2) is 0 Å². The average Bonchev–Trinajstić information content (AvgIpc) is 2.61. The molecular formula is C20H20N2O. The first-order chi connectivity index (χ1) is 11.3. The third-order valence-electron chi connectivity index (χ3n) is 3.85. The van der Waals surface area contributed by atoms with Crippen LogP contribution < -0.4 is 5.32 Å². The van der Waals surface area contributed by atoms with E-state index in [-0.39, 0.29) is 5.91 Å². The van der Waals surface area contributed by atoms with Gasteiger partial charge in [0.05, 0.1) is 5.52 Å². The highest BCUT2D eigenvalue weighted by atomic mass is 16.1. The minimum Gasteiger partial charge on any atom is -0.351 e. The quantitative estimate of drug-likeness (QED) is 0.700. The van der Waals surface area contributed by atoms with Gasteiger partial charge < -0.3 is 5.32 Å². The second-order valence-electron chi connectivity index (χ2n) is 5.59. The van der Waals surface area contributed by atoms with E-state index >= 15 is 0 Å². The van der Waals surface area contributed by atoms with Crippen LogP contribution in [0.15, 0.2) is 66.7 Å². The second-order valence-corrected chi connectivity index (χ2v) is 5.59. The van der Waals surface area contributed by atoms with Crippen LogP contribution in [-0.2, 0) is 6.42 Å². The molecule has 3 nitrogen and oxygen atoms in total. The minimum atomic E-state index is -0.101. The number of fused-ring (bicyclic) bond motifs is 1. The summed E-state index contributed by atoms with van der Waals surface area (Å²) in [6.07, 6.45) is 3.08. The standard InChI is InChI=1S/C20H20N2O/c23-20(19-14-13-17-11-4-5-12-18(17)22-19)21-15-7-6-10-16-8-2-1-3-9-16/h1-5,8-9,11-14H,6-7,10,15H2,(H,21,23). The molecule has 0 atom stereocenters. The van der Waals surface area contributed by atoms with Crippen molar-refractivity contribution < 1.29 is 4.79 Å². The molecule has 0 bridgehead atoms. The fraction of sp³-hybridized carbons (Fsp3) is 0.200. The van der Waals surface area contributed by atoms with Crippen LogP contribution >= 0.6 is 0 Å². The number of carbonyl (C=O) groups is 1. The molecule has 3 aromatic rings. The Morgan fingerprint density at radius 2 is 1.65 bits per heavy atom. The summed E-state index contributed by atoms with van der Waals surface area (Å²) in [5.41, 5.74) is 2.67. The molecule has 0 saturated carbocycles. The van der Waals surface area contributed by atoms with E-state index < -0.39 is 0 Å². The number of benzene rings is 2. The topological polar surface area (TPSA) is 42.0 Å². The SMILES string of the molecule is O=C(NCCCCc1ccccc1)c1ccc2ccccc2n1. The molecule has 116 valence electrons. The first kappa shape index (κ1) is 15.2. The molecule has 23 heavy (non-hydrogen) atoms. The largest absolute Gasteiger partial charge is 0.351 e. The maximum Gasteiger partial charge on any atom is 0.269 e. The van der Waals surface area contributed by atoms with Gasteiger partial charge >= 0.3 is 0 Å². The Labute approximate surface area is 136 Å². The van der Waals surface area contributed by atoms with E-state index in [0.717, 1.165) is 30.2 Å². The number of pyridine rings is 1. The molecule has 2 aromatic carbocycles. The van der Waals surface area contributed by atoms with E-state index in [1.54, 1.807) is 6.07 Å². The van der Waals surface area contributed by atoms with Crippen molar-refractivity contribution in [1.82, 2.24) is 10.3 Å². The van der Waals surface area contributed by atoms with Crippen LogP contribution in [0.25, 0.3) is 10.9 Å². The number of aryl methyl sites for hydroxylation is 1. The van der Waals surface area contributed by atoms with Crippen LogP contribution in [-0.4, -0.2) is 17.4 Å². The van der Waals surface area contributed by atoms with Crippen LogP contribution in [0.1, 0.15) is 28.9 Å². The molecule has 1 N–H and O–H groups in total.